The monoisotopic (exact) mass is 386 g/mol. The van der Waals surface area contributed by atoms with Gasteiger partial charge in [0.1, 0.15) is 23.1 Å². The van der Waals surface area contributed by atoms with Gasteiger partial charge in [-0.25, -0.2) is 24.9 Å². The molecule has 0 spiro atoms. The standard InChI is InChI=1S/C24H14N6/c1-2-8-14-13(7-1)25-19-20(26-14)22-24(30-18-12-6-5-11-17(18)28-22)23-21(19)27-15-9-3-4-10-16(15)29-23/h1-12,19,25H. The van der Waals surface area contributed by atoms with E-state index >= 15 is 0 Å². The minimum Gasteiger partial charge on any atom is -0.370 e. The number of nitrogens with one attached hydrogen (secondary N) is 1. The Morgan fingerprint density at radius 2 is 1.13 bits per heavy atom. The molecule has 1 atom stereocenters. The number of benzene rings is 3. The summed E-state index contributed by atoms with van der Waals surface area (Å²) < 4.78 is 0. The van der Waals surface area contributed by atoms with Gasteiger partial charge in [-0.2, -0.15) is 0 Å². The van der Waals surface area contributed by atoms with Crippen LogP contribution in [0.25, 0.3) is 33.5 Å². The van der Waals surface area contributed by atoms with Gasteiger partial charge in [0.2, 0.25) is 0 Å². The van der Waals surface area contributed by atoms with Gasteiger partial charge in [-0.1, -0.05) is 36.4 Å². The number of aliphatic imine (C=N–C) groups is 1. The molecule has 0 fully saturated rings. The van der Waals surface area contributed by atoms with E-state index in [1.807, 2.05) is 72.8 Å². The summed E-state index contributed by atoms with van der Waals surface area (Å²) in [6.45, 7) is 0. The number of aromatic nitrogens is 4. The van der Waals surface area contributed by atoms with Gasteiger partial charge in [0.25, 0.3) is 0 Å². The molecule has 1 unspecified atom stereocenters. The van der Waals surface area contributed by atoms with Crippen molar-refractivity contribution >= 4 is 39.2 Å². The smallest absolute Gasteiger partial charge is 0.119 e. The second-order valence-electron chi connectivity index (χ2n) is 7.45. The molecule has 3 aromatic carbocycles. The molecule has 1 aliphatic carbocycles. The first-order valence-corrected chi connectivity index (χ1v) is 9.83. The lowest BCUT2D eigenvalue weighted by Gasteiger charge is -2.31. The summed E-state index contributed by atoms with van der Waals surface area (Å²) >= 11 is 0. The van der Waals surface area contributed by atoms with Crippen molar-refractivity contribution in [3.63, 3.8) is 0 Å². The van der Waals surface area contributed by atoms with E-state index in [2.05, 4.69) is 5.32 Å². The van der Waals surface area contributed by atoms with E-state index < -0.39 is 0 Å². The average Bonchev–Trinajstić information content (AvgIpc) is 2.81. The first-order valence-electron chi connectivity index (χ1n) is 9.83. The molecule has 6 heteroatoms. The zero-order valence-electron chi connectivity index (χ0n) is 15.7. The Balaban J connectivity index is 1.61. The number of rotatable bonds is 0. The third-order valence-electron chi connectivity index (χ3n) is 5.63. The molecule has 0 saturated heterocycles. The van der Waals surface area contributed by atoms with E-state index in [0.717, 1.165) is 61.9 Å². The maximum Gasteiger partial charge on any atom is 0.119 e. The van der Waals surface area contributed by atoms with Crippen LogP contribution in [0.2, 0.25) is 0 Å². The summed E-state index contributed by atoms with van der Waals surface area (Å²) in [7, 11) is 0. The minimum atomic E-state index is -0.227. The molecule has 0 amide bonds. The lowest BCUT2D eigenvalue weighted by atomic mass is 9.91. The fourth-order valence-electron chi connectivity index (χ4n) is 4.23. The highest BCUT2D eigenvalue weighted by atomic mass is 15.1. The van der Waals surface area contributed by atoms with Crippen molar-refractivity contribution in [3.8, 4) is 11.4 Å². The number of nitrogens with zero attached hydrogens (tertiary/aromatic N) is 5. The summed E-state index contributed by atoms with van der Waals surface area (Å²) in [6.07, 6.45) is 0. The average molecular weight is 386 g/mol. The molecular weight excluding hydrogens is 372 g/mol. The van der Waals surface area contributed by atoms with Crippen LogP contribution in [-0.2, 0) is 0 Å². The van der Waals surface area contributed by atoms with Crippen LogP contribution in [0, 0.1) is 0 Å². The third-order valence-corrected chi connectivity index (χ3v) is 5.63. The van der Waals surface area contributed by atoms with Crippen LogP contribution in [-0.4, -0.2) is 25.6 Å². The number of hydrogen-bond donors (Lipinski definition) is 1. The van der Waals surface area contributed by atoms with Crippen LogP contribution < -0.4 is 5.32 Å². The predicted molar refractivity (Wildman–Crippen MR) is 117 cm³/mol. The van der Waals surface area contributed by atoms with Gasteiger partial charge >= 0.3 is 0 Å². The molecular formula is C24H14N6. The number of fused-ring (bicyclic) bond motifs is 9. The molecule has 0 saturated carbocycles. The summed E-state index contributed by atoms with van der Waals surface area (Å²) in [6, 6.07) is 23.6. The molecule has 30 heavy (non-hydrogen) atoms. The van der Waals surface area contributed by atoms with E-state index in [1.54, 1.807) is 0 Å². The van der Waals surface area contributed by atoms with Crippen LogP contribution in [0.1, 0.15) is 17.4 Å². The largest absolute Gasteiger partial charge is 0.370 e. The Hall–Kier alpha value is -4.19. The van der Waals surface area contributed by atoms with Gasteiger partial charge < -0.3 is 5.32 Å². The Kier molecular flexibility index (Phi) is 2.97. The van der Waals surface area contributed by atoms with E-state index in [-0.39, 0.29) is 6.04 Å². The number of hydrogen-bond acceptors (Lipinski definition) is 6. The molecule has 1 aliphatic heterocycles. The number of anilines is 1. The van der Waals surface area contributed by atoms with E-state index in [9.17, 15) is 0 Å². The zero-order valence-corrected chi connectivity index (χ0v) is 15.7. The van der Waals surface area contributed by atoms with E-state index in [1.165, 1.54) is 0 Å². The van der Waals surface area contributed by atoms with Crippen LogP contribution in [0.15, 0.2) is 77.8 Å². The molecule has 1 N–H and O–H groups in total. The first kappa shape index (κ1) is 15.7. The lowest BCUT2D eigenvalue weighted by molar-refractivity contribution is 0.926. The Morgan fingerprint density at radius 3 is 1.87 bits per heavy atom. The molecule has 140 valence electrons. The van der Waals surface area contributed by atoms with Crippen molar-refractivity contribution in [2.75, 3.05) is 5.32 Å². The van der Waals surface area contributed by atoms with Gasteiger partial charge in [-0.05, 0) is 36.4 Å². The maximum atomic E-state index is 4.98. The highest BCUT2D eigenvalue weighted by molar-refractivity contribution is 6.15. The second kappa shape index (κ2) is 5.67. The highest BCUT2D eigenvalue weighted by Crippen LogP contribution is 2.43. The Bertz CT molecular complexity index is 1540. The van der Waals surface area contributed by atoms with Gasteiger partial charge in [0.05, 0.1) is 44.8 Å². The SMILES string of the molecule is c1ccc2c(c1)N=C1c3nc4ccccc4nc3-c3nc4ccccc4nc3C1N2. The molecule has 2 aliphatic rings. The molecule has 5 aromatic rings. The van der Waals surface area contributed by atoms with Gasteiger partial charge in [-0.15, -0.1) is 0 Å². The van der Waals surface area contributed by atoms with Crippen molar-refractivity contribution in [1.29, 1.82) is 0 Å². The highest BCUT2D eigenvalue weighted by Gasteiger charge is 2.38. The van der Waals surface area contributed by atoms with Crippen molar-refractivity contribution in [3.05, 3.63) is 84.2 Å². The van der Waals surface area contributed by atoms with Gasteiger partial charge in [-0.3, -0.25) is 0 Å². The first-order chi connectivity index (χ1) is 14.8. The maximum absolute atomic E-state index is 4.98. The number of para-hydroxylation sites is 6. The summed E-state index contributed by atoms with van der Waals surface area (Å²) in [5.74, 6) is 0. The second-order valence-corrected chi connectivity index (χ2v) is 7.45. The minimum absolute atomic E-state index is 0.227. The fourth-order valence-corrected chi connectivity index (χ4v) is 4.23. The van der Waals surface area contributed by atoms with Crippen LogP contribution >= 0.6 is 0 Å². The fraction of sp³-hybridized carbons (Fsp3) is 0.0417. The van der Waals surface area contributed by atoms with Gasteiger partial charge in [0.15, 0.2) is 0 Å². The van der Waals surface area contributed by atoms with Crippen LogP contribution in [0.5, 0.6) is 0 Å². The molecule has 6 nitrogen and oxygen atoms in total. The van der Waals surface area contributed by atoms with Crippen molar-refractivity contribution < 1.29 is 0 Å². The van der Waals surface area contributed by atoms with Crippen LogP contribution in [0.3, 0.4) is 0 Å². The Labute approximate surface area is 171 Å². The molecule has 0 radical (unpaired) electrons. The van der Waals surface area contributed by atoms with Crippen LogP contribution in [0.4, 0.5) is 11.4 Å². The summed E-state index contributed by atoms with van der Waals surface area (Å²) in [5.41, 5.74) is 9.16. The third kappa shape index (κ3) is 2.10. The normalized spacial score (nSPS) is 16.1. The quantitative estimate of drug-likeness (QED) is 0.412. The van der Waals surface area contributed by atoms with Crippen molar-refractivity contribution in [1.82, 2.24) is 19.9 Å². The van der Waals surface area contributed by atoms with Crippen molar-refractivity contribution in [2.45, 2.75) is 6.04 Å². The summed E-state index contributed by atoms with van der Waals surface area (Å²) in [4.78, 5) is 24.8. The molecule has 7 rings (SSSR count). The molecule has 3 heterocycles. The molecule has 0 bridgehead atoms. The lowest BCUT2D eigenvalue weighted by Crippen LogP contribution is -2.31. The predicted octanol–water partition coefficient (Wildman–Crippen LogP) is 4.84. The zero-order chi connectivity index (χ0) is 19.7. The van der Waals surface area contributed by atoms with Crippen molar-refractivity contribution in [2.24, 2.45) is 4.99 Å². The summed E-state index contributed by atoms with van der Waals surface area (Å²) in [5, 5.41) is 3.61. The van der Waals surface area contributed by atoms with E-state index in [4.69, 9.17) is 24.9 Å². The topological polar surface area (TPSA) is 76.0 Å². The van der Waals surface area contributed by atoms with E-state index in [0.29, 0.717) is 0 Å². The van der Waals surface area contributed by atoms with Gasteiger partial charge in [0, 0.05) is 0 Å². The molecule has 2 aromatic heterocycles. The Morgan fingerprint density at radius 1 is 0.567 bits per heavy atom.